The summed E-state index contributed by atoms with van der Waals surface area (Å²) in [5.41, 5.74) is 0.874. The van der Waals surface area contributed by atoms with Gasteiger partial charge < -0.3 is 0 Å². The molecule has 2 aliphatic carbocycles. The predicted molar refractivity (Wildman–Crippen MR) is 140 cm³/mol. The summed E-state index contributed by atoms with van der Waals surface area (Å²) in [6.45, 7) is 7.28. The van der Waals surface area contributed by atoms with Crippen molar-refractivity contribution in [1.82, 2.24) is 0 Å². The monoisotopic (exact) mass is 459 g/mol. The molecule has 1 nitrogen and oxygen atoms in total. The lowest BCUT2D eigenvalue weighted by Gasteiger charge is -2.59. The van der Waals surface area contributed by atoms with Gasteiger partial charge in [0.15, 0.2) is 11.0 Å². The van der Waals surface area contributed by atoms with Gasteiger partial charge in [-0.15, -0.1) is 0 Å². The van der Waals surface area contributed by atoms with Crippen LogP contribution in [0.5, 0.6) is 0 Å². The van der Waals surface area contributed by atoms with Gasteiger partial charge in [0, 0.05) is 10.7 Å². The molecule has 0 heterocycles. The predicted octanol–water partition coefficient (Wildman–Crippen LogP) is 6.50. The van der Waals surface area contributed by atoms with E-state index in [2.05, 4.69) is 106 Å². The molecule has 3 aromatic carbocycles. The molecule has 4 unspecified atom stereocenters. The fraction of sp³-hybridized carbons (Fsp3) is 0.379. The van der Waals surface area contributed by atoms with Crippen molar-refractivity contribution in [3.8, 4) is 0 Å². The zero-order valence-electron chi connectivity index (χ0n) is 19.4. The minimum atomic E-state index is -1.47. The van der Waals surface area contributed by atoms with E-state index in [1.165, 1.54) is 35.2 Å². The van der Waals surface area contributed by atoms with Gasteiger partial charge in [0.25, 0.3) is 0 Å². The van der Waals surface area contributed by atoms with Crippen LogP contribution in [0.15, 0.2) is 84.9 Å². The van der Waals surface area contributed by atoms with Crippen LogP contribution in [0.2, 0.25) is 0 Å². The van der Waals surface area contributed by atoms with Gasteiger partial charge >= 0.3 is 7.80 Å². The maximum absolute atomic E-state index is 14.4. The molecule has 0 radical (unpaired) electrons. The van der Waals surface area contributed by atoms with Crippen molar-refractivity contribution in [2.45, 2.75) is 52.1 Å². The minimum Gasteiger partial charge on any atom is -0.0677 e. The third kappa shape index (κ3) is 3.69. The maximum atomic E-state index is 14.4. The molecule has 4 atom stereocenters. The van der Waals surface area contributed by atoms with E-state index in [4.69, 9.17) is 0 Å². The summed E-state index contributed by atoms with van der Waals surface area (Å²) in [6, 6.07) is 30.2. The highest BCUT2D eigenvalue weighted by molar-refractivity contribution is 7.81. The second-order valence-corrected chi connectivity index (χ2v) is 14.4. The molecule has 0 amide bonds. The molecule has 0 aliphatic heterocycles. The summed E-state index contributed by atoms with van der Waals surface area (Å²) < 4.78 is 14.4. The van der Waals surface area contributed by atoms with Crippen LogP contribution in [-0.2, 0) is 4.57 Å². The molecule has 2 aliphatic rings. The van der Waals surface area contributed by atoms with Gasteiger partial charge in [0.2, 0.25) is 0 Å². The van der Waals surface area contributed by atoms with Crippen molar-refractivity contribution in [3.63, 3.8) is 0 Å². The highest BCUT2D eigenvalue weighted by Crippen LogP contribution is 2.66. The zero-order valence-corrected chi connectivity index (χ0v) is 21.2. The van der Waals surface area contributed by atoms with Crippen molar-refractivity contribution in [1.29, 1.82) is 0 Å². The number of hydrogen-bond acceptors (Lipinski definition) is 1. The Morgan fingerprint density at radius 1 is 0.750 bits per heavy atom. The van der Waals surface area contributed by atoms with Gasteiger partial charge in [0.05, 0.1) is 0 Å². The Kier molecular flexibility index (Phi) is 5.86. The van der Waals surface area contributed by atoms with Gasteiger partial charge in [-0.2, -0.15) is 0 Å². The Balaban J connectivity index is 1.58. The Hall–Kier alpha value is -1.81. The summed E-state index contributed by atoms with van der Waals surface area (Å²) in [5.74, 6) is 0.699. The third-order valence-corrected chi connectivity index (χ3v) is 13.2. The summed E-state index contributed by atoms with van der Waals surface area (Å²) in [6.07, 6.45) is 4.79. The van der Waals surface area contributed by atoms with E-state index in [9.17, 15) is 4.57 Å². The van der Waals surface area contributed by atoms with E-state index in [1.54, 1.807) is 0 Å². The first kappa shape index (κ1) is 22.0. The van der Waals surface area contributed by atoms with Crippen molar-refractivity contribution in [2.75, 3.05) is 0 Å². The third-order valence-electron chi connectivity index (χ3n) is 8.21. The largest absolute Gasteiger partial charge is 0.381 e. The van der Waals surface area contributed by atoms with Gasteiger partial charge in [-0.1, -0.05) is 98.1 Å². The summed E-state index contributed by atoms with van der Waals surface area (Å²) in [5, 5.41) is 5.01. The first-order valence-corrected chi connectivity index (χ1v) is 14.5. The second-order valence-electron chi connectivity index (χ2n) is 10.5. The smallest absolute Gasteiger partial charge is 0.0677 e. The van der Waals surface area contributed by atoms with Gasteiger partial charge in [-0.3, -0.25) is 0 Å². The molecule has 3 aromatic rings. The molecule has 5 rings (SSSR count). The average Bonchev–Trinajstić information content (AvgIpc) is 2.79. The van der Waals surface area contributed by atoms with Crippen LogP contribution in [0.4, 0.5) is 0 Å². The van der Waals surface area contributed by atoms with Gasteiger partial charge in [0.1, 0.15) is 0 Å². The lowest BCUT2D eigenvalue weighted by molar-refractivity contribution is -0.0786. The van der Waals surface area contributed by atoms with E-state index in [0.29, 0.717) is 11.3 Å². The first-order chi connectivity index (χ1) is 15.4. The van der Waals surface area contributed by atoms with Crippen molar-refractivity contribution in [3.05, 3.63) is 84.9 Å². The Bertz CT molecular complexity index is 1070. The standard InChI is InChI=1S/C29H33OP2/c1-28(2)20-19-27(29(3)21-18-26(28)29)32(30)25-17-11-10-16-24(25)31(22-12-6-4-7-13-22)23-14-8-5-9-15-23/h4-17,26-27H,18-21H2,1-3H3/q+1. The molecular formula is C29H33OP2+. The normalized spacial score (nSPS) is 26.8. The van der Waals surface area contributed by atoms with Crippen LogP contribution >= 0.6 is 15.7 Å². The zero-order chi connectivity index (χ0) is 22.3. The van der Waals surface area contributed by atoms with Crippen molar-refractivity contribution < 1.29 is 4.57 Å². The molecule has 0 bridgehead atoms. The molecule has 0 saturated heterocycles. The second kappa shape index (κ2) is 8.52. The number of hydrogen-bond donors (Lipinski definition) is 0. The molecule has 0 spiro atoms. The van der Waals surface area contributed by atoms with Crippen LogP contribution in [0.3, 0.4) is 0 Å². The Morgan fingerprint density at radius 2 is 1.31 bits per heavy atom. The molecule has 164 valence electrons. The number of fused-ring (bicyclic) bond motifs is 1. The van der Waals surface area contributed by atoms with E-state index >= 15 is 0 Å². The van der Waals surface area contributed by atoms with Crippen LogP contribution in [0.25, 0.3) is 0 Å². The van der Waals surface area contributed by atoms with E-state index in [0.717, 1.165) is 11.7 Å². The van der Waals surface area contributed by atoms with Crippen molar-refractivity contribution in [2.24, 2.45) is 16.7 Å². The molecule has 32 heavy (non-hydrogen) atoms. The van der Waals surface area contributed by atoms with Gasteiger partial charge in [-0.05, 0) is 67.7 Å². The molecule has 3 heteroatoms. The average molecular weight is 460 g/mol. The Labute approximate surface area is 195 Å². The van der Waals surface area contributed by atoms with Gasteiger partial charge in [-0.25, -0.2) is 0 Å². The highest BCUT2D eigenvalue weighted by Gasteiger charge is 2.63. The van der Waals surface area contributed by atoms with E-state index < -0.39 is 15.7 Å². The van der Waals surface area contributed by atoms with Crippen LogP contribution < -0.4 is 21.2 Å². The molecule has 2 saturated carbocycles. The van der Waals surface area contributed by atoms with Crippen LogP contribution in [-0.4, -0.2) is 5.66 Å². The lowest BCUT2D eigenvalue weighted by atomic mass is 9.46. The molecule has 0 aromatic heterocycles. The molecule has 0 N–H and O–H groups in total. The van der Waals surface area contributed by atoms with E-state index in [-0.39, 0.29) is 11.1 Å². The maximum Gasteiger partial charge on any atom is 0.381 e. The van der Waals surface area contributed by atoms with Crippen LogP contribution in [0.1, 0.15) is 46.5 Å². The number of rotatable bonds is 5. The topological polar surface area (TPSA) is 17.1 Å². The van der Waals surface area contributed by atoms with E-state index in [1.807, 2.05) is 0 Å². The van der Waals surface area contributed by atoms with Crippen LogP contribution in [0, 0.1) is 16.7 Å². The first-order valence-electron chi connectivity index (χ1n) is 11.9. The Morgan fingerprint density at radius 3 is 1.88 bits per heavy atom. The quantitative estimate of drug-likeness (QED) is 0.398. The summed E-state index contributed by atoms with van der Waals surface area (Å²) >= 11 is 0. The minimum absolute atomic E-state index is 0.213. The summed E-state index contributed by atoms with van der Waals surface area (Å²) in [7, 11) is -2.21. The lowest BCUT2D eigenvalue weighted by Crippen LogP contribution is -2.56. The highest BCUT2D eigenvalue weighted by atomic mass is 31.1. The molecule has 2 fully saturated rings. The summed E-state index contributed by atoms with van der Waals surface area (Å²) in [4.78, 5) is 0. The number of benzene rings is 3. The van der Waals surface area contributed by atoms with Crippen molar-refractivity contribution >= 4 is 36.9 Å². The molecular weight excluding hydrogens is 426 g/mol. The SMILES string of the molecule is CC1(C)CCC([P+](=O)c2ccccc2P(c2ccccc2)c2ccccc2)C2(C)CCC12. The fourth-order valence-corrected chi connectivity index (χ4v) is 11.4. The fourth-order valence-electron chi connectivity index (χ4n) is 6.41.